The standard InChI is InChI=1S/C23H37N3O3/c1-14(2)5-6-22(4)20(28)26(21(29)25-22)13-19(27)24-15(3)23-10-16-7-17(11-23)9-18(8-16)12-23/h14-18H,5-13H2,1-4H3,(H,24,27)(H,25,29)/t15-,16?,17?,18?,22+,23?/m1/s1. The topological polar surface area (TPSA) is 78.5 Å². The smallest absolute Gasteiger partial charge is 0.325 e. The van der Waals surface area contributed by atoms with Crippen molar-refractivity contribution in [3.8, 4) is 0 Å². The van der Waals surface area contributed by atoms with E-state index in [9.17, 15) is 14.4 Å². The Morgan fingerprint density at radius 2 is 1.66 bits per heavy atom. The Labute approximate surface area is 174 Å². The number of imide groups is 1. The monoisotopic (exact) mass is 403 g/mol. The molecule has 4 aliphatic carbocycles. The zero-order valence-electron chi connectivity index (χ0n) is 18.4. The minimum Gasteiger partial charge on any atom is -0.352 e. The Hall–Kier alpha value is -1.59. The molecule has 0 radical (unpaired) electrons. The van der Waals surface area contributed by atoms with E-state index in [1.54, 1.807) is 6.92 Å². The predicted octanol–water partition coefficient (Wildman–Crippen LogP) is 3.45. The normalized spacial score (nSPS) is 39.2. The van der Waals surface area contributed by atoms with Gasteiger partial charge in [0, 0.05) is 6.04 Å². The first-order chi connectivity index (χ1) is 13.6. The second-order valence-corrected chi connectivity index (χ2v) is 11.2. The van der Waals surface area contributed by atoms with Gasteiger partial charge in [-0.15, -0.1) is 0 Å². The molecule has 1 saturated heterocycles. The fraction of sp³-hybridized carbons (Fsp3) is 0.870. The Morgan fingerprint density at radius 1 is 1.10 bits per heavy atom. The third-order valence-electron chi connectivity index (χ3n) is 8.25. The fourth-order valence-electron chi connectivity index (χ4n) is 6.93. The molecule has 2 atom stereocenters. The molecule has 6 nitrogen and oxygen atoms in total. The van der Waals surface area contributed by atoms with Gasteiger partial charge < -0.3 is 10.6 Å². The second-order valence-electron chi connectivity index (χ2n) is 11.2. The van der Waals surface area contributed by atoms with E-state index in [2.05, 4.69) is 31.4 Å². The van der Waals surface area contributed by atoms with Crippen molar-refractivity contribution < 1.29 is 14.4 Å². The number of amides is 4. The van der Waals surface area contributed by atoms with Crippen molar-refractivity contribution in [2.75, 3.05) is 6.54 Å². The molecule has 0 aromatic heterocycles. The SMILES string of the molecule is CC(C)CC[C@]1(C)NC(=O)N(CC(=O)N[C@H](C)C23CC4CC(CC(C4)C2)C3)C1=O. The minimum absolute atomic E-state index is 0.0940. The van der Waals surface area contributed by atoms with Gasteiger partial charge in [0.15, 0.2) is 0 Å². The largest absolute Gasteiger partial charge is 0.352 e. The van der Waals surface area contributed by atoms with Crippen LogP contribution in [0.25, 0.3) is 0 Å². The first-order valence-corrected chi connectivity index (χ1v) is 11.5. The lowest BCUT2D eigenvalue weighted by Gasteiger charge is -2.59. The molecular weight excluding hydrogens is 366 g/mol. The van der Waals surface area contributed by atoms with Crippen LogP contribution in [-0.4, -0.2) is 40.9 Å². The maximum atomic E-state index is 12.9. The number of rotatable bonds is 7. The van der Waals surface area contributed by atoms with Crippen LogP contribution in [0.4, 0.5) is 4.79 Å². The van der Waals surface area contributed by atoms with Crippen molar-refractivity contribution in [3.05, 3.63) is 0 Å². The number of nitrogens with zero attached hydrogens (tertiary/aromatic N) is 1. The zero-order chi connectivity index (χ0) is 21.0. The van der Waals surface area contributed by atoms with E-state index < -0.39 is 11.6 Å². The van der Waals surface area contributed by atoms with Gasteiger partial charge in [-0.3, -0.25) is 14.5 Å². The third kappa shape index (κ3) is 3.79. The van der Waals surface area contributed by atoms with Gasteiger partial charge in [-0.1, -0.05) is 13.8 Å². The Morgan fingerprint density at radius 3 is 2.17 bits per heavy atom. The van der Waals surface area contributed by atoms with Crippen LogP contribution in [0.15, 0.2) is 0 Å². The van der Waals surface area contributed by atoms with Gasteiger partial charge in [0.05, 0.1) is 0 Å². The number of carbonyl (C=O) groups excluding carboxylic acids is 3. The van der Waals surface area contributed by atoms with Gasteiger partial charge in [-0.2, -0.15) is 0 Å². The van der Waals surface area contributed by atoms with E-state index in [0.29, 0.717) is 12.3 Å². The number of urea groups is 1. The summed E-state index contributed by atoms with van der Waals surface area (Å²) in [5.41, 5.74) is -0.680. The molecule has 5 rings (SSSR count). The first kappa shape index (κ1) is 20.7. The van der Waals surface area contributed by atoms with Crippen LogP contribution < -0.4 is 10.6 Å². The summed E-state index contributed by atoms with van der Waals surface area (Å²) < 4.78 is 0. The van der Waals surface area contributed by atoms with Crippen LogP contribution in [0.2, 0.25) is 0 Å². The van der Waals surface area contributed by atoms with E-state index in [1.807, 2.05) is 0 Å². The molecule has 0 aromatic rings. The van der Waals surface area contributed by atoms with E-state index in [1.165, 1.54) is 38.5 Å². The van der Waals surface area contributed by atoms with Crippen LogP contribution in [0.5, 0.6) is 0 Å². The molecular formula is C23H37N3O3. The highest BCUT2D eigenvalue weighted by molar-refractivity contribution is 6.08. The van der Waals surface area contributed by atoms with Crippen molar-refractivity contribution in [3.63, 3.8) is 0 Å². The van der Waals surface area contributed by atoms with Gasteiger partial charge in [0.2, 0.25) is 5.91 Å². The van der Waals surface area contributed by atoms with Crippen molar-refractivity contribution in [2.45, 2.75) is 90.6 Å². The molecule has 0 unspecified atom stereocenters. The van der Waals surface area contributed by atoms with Gasteiger partial charge in [-0.05, 0) is 94.3 Å². The second kappa shape index (κ2) is 7.28. The average molecular weight is 404 g/mol. The van der Waals surface area contributed by atoms with E-state index in [4.69, 9.17) is 0 Å². The summed E-state index contributed by atoms with van der Waals surface area (Å²) >= 11 is 0. The van der Waals surface area contributed by atoms with Crippen LogP contribution in [0.3, 0.4) is 0 Å². The molecule has 162 valence electrons. The van der Waals surface area contributed by atoms with Gasteiger partial charge in [-0.25, -0.2) is 4.79 Å². The molecule has 6 heteroatoms. The summed E-state index contributed by atoms with van der Waals surface area (Å²) in [6.45, 7) is 7.91. The van der Waals surface area contributed by atoms with Crippen molar-refractivity contribution in [2.24, 2.45) is 29.1 Å². The van der Waals surface area contributed by atoms with Gasteiger partial charge >= 0.3 is 6.03 Å². The number of hydrogen-bond donors (Lipinski definition) is 2. The molecule has 4 bridgehead atoms. The summed E-state index contributed by atoms with van der Waals surface area (Å²) in [5, 5.41) is 5.98. The lowest BCUT2D eigenvalue weighted by Crippen LogP contribution is -2.57. The van der Waals surface area contributed by atoms with Gasteiger partial charge in [0.1, 0.15) is 12.1 Å². The number of hydrogen-bond acceptors (Lipinski definition) is 3. The van der Waals surface area contributed by atoms with E-state index in [-0.39, 0.29) is 29.8 Å². The molecule has 1 heterocycles. The summed E-state index contributed by atoms with van der Waals surface area (Å²) in [4.78, 5) is 39.1. The van der Waals surface area contributed by atoms with E-state index in [0.717, 1.165) is 29.1 Å². The molecule has 4 saturated carbocycles. The van der Waals surface area contributed by atoms with E-state index >= 15 is 0 Å². The Bertz CT molecular complexity index is 668. The molecule has 4 amide bonds. The highest BCUT2D eigenvalue weighted by atomic mass is 16.2. The van der Waals surface area contributed by atoms with Crippen LogP contribution in [0, 0.1) is 29.1 Å². The molecule has 29 heavy (non-hydrogen) atoms. The molecule has 5 aliphatic rings. The third-order valence-corrected chi connectivity index (χ3v) is 8.25. The van der Waals surface area contributed by atoms with Crippen LogP contribution in [-0.2, 0) is 9.59 Å². The Balaban J connectivity index is 1.36. The maximum Gasteiger partial charge on any atom is 0.325 e. The highest BCUT2D eigenvalue weighted by Gasteiger charge is 2.54. The summed E-state index contributed by atoms with van der Waals surface area (Å²) in [5.74, 6) is 2.44. The first-order valence-electron chi connectivity index (χ1n) is 11.5. The maximum absolute atomic E-state index is 12.9. The molecule has 0 spiro atoms. The lowest BCUT2D eigenvalue weighted by molar-refractivity contribution is -0.136. The van der Waals surface area contributed by atoms with Crippen molar-refractivity contribution >= 4 is 17.8 Å². The van der Waals surface area contributed by atoms with Crippen LogP contribution >= 0.6 is 0 Å². The Kier molecular flexibility index (Phi) is 5.19. The quantitative estimate of drug-likeness (QED) is 0.639. The van der Waals surface area contributed by atoms with Crippen molar-refractivity contribution in [1.29, 1.82) is 0 Å². The summed E-state index contributed by atoms with van der Waals surface area (Å²) in [6.07, 6.45) is 9.22. The lowest BCUT2D eigenvalue weighted by atomic mass is 9.48. The molecule has 1 aliphatic heterocycles. The number of nitrogens with one attached hydrogen (secondary N) is 2. The van der Waals surface area contributed by atoms with Crippen LogP contribution in [0.1, 0.15) is 79.1 Å². The molecule has 2 N–H and O–H groups in total. The fourth-order valence-corrected chi connectivity index (χ4v) is 6.93. The zero-order valence-corrected chi connectivity index (χ0v) is 18.4. The molecule has 0 aromatic carbocycles. The van der Waals surface area contributed by atoms with Gasteiger partial charge in [0.25, 0.3) is 5.91 Å². The summed E-state index contributed by atoms with van der Waals surface area (Å²) in [7, 11) is 0. The summed E-state index contributed by atoms with van der Waals surface area (Å²) in [6, 6.07) is -0.352. The van der Waals surface area contributed by atoms with Crippen molar-refractivity contribution in [1.82, 2.24) is 15.5 Å². The molecule has 5 fully saturated rings. The average Bonchev–Trinajstić information content (AvgIpc) is 2.82. The highest BCUT2D eigenvalue weighted by Crippen LogP contribution is 2.61. The minimum atomic E-state index is -0.896. The predicted molar refractivity (Wildman–Crippen MR) is 111 cm³/mol. The number of carbonyl (C=O) groups is 3.